The van der Waals surface area contributed by atoms with Crippen molar-refractivity contribution in [2.75, 3.05) is 29.9 Å². The van der Waals surface area contributed by atoms with Crippen LogP contribution in [-0.4, -0.2) is 78.1 Å². The Morgan fingerprint density at radius 3 is 2.64 bits per heavy atom. The van der Waals surface area contributed by atoms with E-state index >= 15 is 0 Å². The second-order valence-corrected chi connectivity index (χ2v) is 11.3. The Labute approximate surface area is 209 Å². The first kappa shape index (κ1) is 23.2. The lowest BCUT2D eigenvalue weighted by molar-refractivity contribution is -0.130. The van der Waals surface area contributed by atoms with Crippen LogP contribution in [0.15, 0.2) is 30.5 Å². The van der Waals surface area contributed by atoms with E-state index in [1.807, 2.05) is 36.1 Å². The Kier molecular flexibility index (Phi) is 5.24. The van der Waals surface area contributed by atoms with Crippen molar-refractivity contribution in [1.82, 2.24) is 24.6 Å². The van der Waals surface area contributed by atoms with Gasteiger partial charge in [-0.2, -0.15) is 15.1 Å². The molecule has 0 radical (unpaired) electrons. The standard InChI is InChI=1S/C26H33N7O3/c1-25(2,35)16-6-4-7-18(10-16)33-23-20(13-27-33)22(29-24(30-23)28-17-11-26(3,36)12-17)31-14-19(15-31)32-9-5-8-21(32)34/h4,6-7,10,13,17,19,35-36H,5,8-9,11-12,14-15H2,1-3H3,(H,28,29,30). The van der Waals surface area contributed by atoms with Crippen molar-refractivity contribution >= 4 is 28.7 Å². The van der Waals surface area contributed by atoms with Crippen LogP contribution in [0.5, 0.6) is 0 Å². The molecular formula is C26H33N7O3. The molecule has 3 aromatic rings. The van der Waals surface area contributed by atoms with Crippen LogP contribution in [0.2, 0.25) is 0 Å². The van der Waals surface area contributed by atoms with Gasteiger partial charge in [0.2, 0.25) is 11.9 Å². The van der Waals surface area contributed by atoms with Gasteiger partial charge in [-0.1, -0.05) is 12.1 Å². The molecule has 10 heteroatoms. The van der Waals surface area contributed by atoms with Gasteiger partial charge in [0.15, 0.2) is 5.65 Å². The summed E-state index contributed by atoms with van der Waals surface area (Å²) in [4.78, 5) is 26.1. The zero-order valence-corrected chi connectivity index (χ0v) is 21.0. The molecule has 1 saturated carbocycles. The normalized spacial score (nSPS) is 24.8. The Balaban J connectivity index is 1.36. The molecule has 1 amide bonds. The summed E-state index contributed by atoms with van der Waals surface area (Å²) < 4.78 is 1.78. The third-order valence-corrected chi connectivity index (χ3v) is 7.62. The molecule has 2 saturated heterocycles. The highest BCUT2D eigenvalue weighted by Crippen LogP contribution is 2.36. The van der Waals surface area contributed by atoms with Crippen molar-refractivity contribution in [3.05, 3.63) is 36.0 Å². The van der Waals surface area contributed by atoms with Gasteiger partial charge < -0.3 is 25.3 Å². The summed E-state index contributed by atoms with van der Waals surface area (Å²) >= 11 is 0. The highest BCUT2D eigenvalue weighted by atomic mass is 16.3. The molecule has 3 aliphatic rings. The van der Waals surface area contributed by atoms with Crippen molar-refractivity contribution in [1.29, 1.82) is 0 Å². The number of aliphatic hydroxyl groups is 2. The van der Waals surface area contributed by atoms with E-state index in [0.717, 1.165) is 48.5 Å². The lowest BCUT2D eigenvalue weighted by Crippen LogP contribution is -2.60. The van der Waals surface area contributed by atoms with Gasteiger partial charge in [-0.05, 0) is 57.7 Å². The fourth-order valence-electron chi connectivity index (χ4n) is 5.57. The third-order valence-electron chi connectivity index (χ3n) is 7.62. The van der Waals surface area contributed by atoms with Gasteiger partial charge in [0.05, 0.1) is 34.5 Å². The summed E-state index contributed by atoms with van der Waals surface area (Å²) in [5.41, 5.74) is 0.621. The predicted molar refractivity (Wildman–Crippen MR) is 136 cm³/mol. The monoisotopic (exact) mass is 491 g/mol. The van der Waals surface area contributed by atoms with Crippen molar-refractivity contribution in [3.63, 3.8) is 0 Å². The minimum Gasteiger partial charge on any atom is -0.390 e. The smallest absolute Gasteiger partial charge is 0.226 e. The van der Waals surface area contributed by atoms with Crippen LogP contribution in [-0.2, 0) is 10.4 Å². The van der Waals surface area contributed by atoms with Crippen LogP contribution < -0.4 is 10.2 Å². The number of amides is 1. The first-order valence-electron chi connectivity index (χ1n) is 12.7. The topological polar surface area (TPSA) is 120 Å². The number of fused-ring (bicyclic) bond motifs is 1. The Morgan fingerprint density at radius 1 is 1.19 bits per heavy atom. The van der Waals surface area contributed by atoms with Crippen LogP contribution >= 0.6 is 0 Å². The first-order chi connectivity index (χ1) is 17.1. The number of carbonyl (C=O) groups excluding carboxylic acids is 1. The lowest BCUT2D eigenvalue weighted by atomic mass is 9.77. The lowest BCUT2D eigenvalue weighted by Gasteiger charge is -2.45. The molecule has 3 N–H and O–H groups in total. The maximum atomic E-state index is 12.2. The molecule has 4 heterocycles. The molecule has 190 valence electrons. The number of rotatable bonds is 6. The quantitative estimate of drug-likeness (QED) is 0.480. The maximum Gasteiger partial charge on any atom is 0.226 e. The zero-order chi connectivity index (χ0) is 25.2. The fourth-order valence-corrected chi connectivity index (χ4v) is 5.57. The van der Waals surface area contributed by atoms with Crippen LogP contribution in [0.3, 0.4) is 0 Å². The molecule has 0 unspecified atom stereocenters. The van der Waals surface area contributed by atoms with Gasteiger partial charge in [0.1, 0.15) is 5.82 Å². The van der Waals surface area contributed by atoms with E-state index in [4.69, 9.17) is 9.97 Å². The summed E-state index contributed by atoms with van der Waals surface area (Å²) in [7, 11) is 0. The number of hydrogen-bond acceptors (Lipinski definition) is 8. The second-order valence-electron chi connectivity index (χ2n) is 11.3. The number of anilines is 2. The van der Waals surface area contributed by atoms with E-state index in [1.54, 1.807) is 24.7 Å². The molecule has 0 atom stereocenters. The Hall–Kier alpha value is -3.24. The number of likely N-dealkylation sites (tertiary alicyclic amines) is 1. The summed E-state index contributed by atoms with van der Waals surface area (Å²) in [5.74, 6) is 1.53. The van der Waals surface area contributed by atoms with Crippen molar-refractivity contribution in [3.8, 4) is 5.69 Å². The van der Waals surface area contributed by atoms with E-state index in [2.05, 4.69) is 15.3 Å². The summed E-state index contributed by atoms with van der Waals surface area (Å²) in [6, 6.07) is 7.97. The zero-order valence-electron chi connectivity index (χ0n) is 21.0. The van der Waals surface area contributed by atoms with Crippen LogP contribution in [0.4, 0.5) is 11.8 Å². The van der Waals surface area contributed by atoms with Crippen LogP contribution in [0, 0.1) is 0 Å². The van der Waals surface area contributed by atoms with Crippen molar-refractivity contribution in [2.24, 2.45) is 0 Å². The minimum atomic E-state index is -0.980. The van der Waals surface area contributed by atoms with E-state index in [0.29, 0.717) is 30.9 Å². The third kappa shape index (κ3) is 4.08. The van der Waals surface area contributed by atoms with E-state index < -0.39 is 11.2 Å². The molecule has 0 spiro atoms. The van der Waals surface area contributed by atoms with E-state index in [9.17, 15) is 15.0 Å². The molecule has 36 heavy (non-hydrogen) atoms. The summed E-state index contributed by atoms with van der Waals surface area (Å²) in [6.07, 6.45) is 4.64. The molecule has 1 aromatic carbocycles. The fraction of sp³-hybridized carbons (Fsp3) is 0.538. The van der Waals surface area contributed by atoms with Gasteiger partial charge in [-0.3, -0.25) is 4.79 Å². The average Bonchev–Trinajstić information content (AvgIpc) is 3.37. The SMILES string of the molecule is CC1(O)CC(Nc2nc(N3CC(N4CCCC4=O)C3)c3cnn(-c4cccc(C(C)(C)O)c4)c3n2)C1. The molecule has 1 aliphatic carbocycles. The van der Waals surface area contributed by atoms with Crippen molar-refractivity contribution in [2.45, 2.75) is 69.7 Å². The predicted octanol–water partition coefficient (Wildman–Crippen LogP) is 2.18. The van der Waals surface area contributed by atoms with Gasteiger partial charge >= 0.3 is 0 Å². The van der Waals surface area contributed by atoms with Gasteiger partial charge in [-0.25, -0.2) is 4.68 Å². The molecule has 0 bridgehead atoms. The van der Waals surface area contributed by atoms with Crippen LogP contribution in [0.25, 0.3) is 16.7 Å². The second kappa shape index (κ2) is 8.14. The average molecular weight is 492 g/mol. The molecule has 2 aliphatic heterocycles. The number of nitrogens with zero attached hydrogens (tertiary/aromatic N) is 6. The largest absolute Gasteiger partial charge is 0.390 e. The Bertz CT molecular complexity index is 1310. The summed E-state index contributed by atoms with van der Waals surface area (Å²) in [5, 5.41) is 29.6. The number of nitrogens with one attached hydrogen (secondary N) is 1. The molecular weight excluding hydrogens is 458 g/mol. The molecule has 3 fully saturated rings. The molecule has 6 rings (SSSR count). The first-order valence-corrected chi connectivity index (χ1v) is 12.7. The number of aromatic nitrogens is 4. The summed E-state index contributed by atoms with van der Waals surface area (Å²) in [6.45, 7) is 7.65. The van der Waals surface area contributed by atoms with Gasteiger partial charge in [-0.15, -0.1) is 0 Å². The number of benzene rings is 1. The molecule has 2 aromatic heterocycles. The molecule has 10 nitrogen and oxygen atoms in total. The van der Waals surface area contributed by atoms with Gasteiger partial charge in [0.25, 0.3) is 0 Å². The number of hydrogen-bond donors (Lipinski definition) is 3. The van der Waals surface area contributed by atoms with Crippen molar-refractivity contribution < 1.29 is 15.0 Å². The highest BCUT2D eigenvalue weighted by Gasteiger charge is 2.40. The highest BCUT2D eigenvalue weighted by molar-refractivity contribution is 5.90. The van der Waals surface area contributed by atoms with Gasteiger partial charge in [0, 0.05) is 32.1 Å². The Morgan fingerprint density at radius 2 is 1.97 bits per heavy atom. The van der Waals surface area contributed by atoms with E-state index in [1.165, 1.54) is 0 Å². The maximum absolute atomic E-state index is 12.2. The van der Waals surface area contributed by atoms with Crippen LogP contribution in [0.1, 0.15) is 52.0 Å². The van der Waals surface area contributed by atoms with E-state index in [-0.39, 0.29) is 18.0 Å². The number of carbonyl (C=O) groups is 1. The minimum absolute atomic E-state index is 0.103.